The Bertz CT molecular complexity index is 1160. The molecule has 9 heteroatoms. The third-order valence-corrected chi connectivity index (χ3v) is 6.33. The number of piperazine rings is 1. The van der Waals surface area contributed by atoms with Gasteiger partial charge in [0.05, 0.1) is 12.8 Å². The molecule has 1 fully saturated rings. The highest BCUT2D eigenvalue weighted by atomic mass is 16.5. The van der Waals surface area contributed by atoms with Gasteiger partial charge < -0.3 is 24.8 Å². The lowest BCUT2D eigenvalue weighted by molar-refractivity contribution is -0.132. The van der Waals surface area contributed by atoms with Crippen LogP contribution in [0.4, 0.5) is 10.6 Å². The van der Waals surface area contributed by atoms with Gasteiger partial charge in [0.15, 0.2) is 5.82 Å². The van der Waals surface area contributed by atoms with E-state index in [1.54, 1.807) is 12.0 Å². The second-order valence-electron chi connectivity index (χ2n) is 8.95. The van der Waals surface area contributed by atoms with Crippen molar-refractivity contribution in [1.82, 2.24) is 25.3 Å². The molecule has 3 amide bonds. The van der Waals surface area contributed by atoms with Gasteiger partial charge in [0.25, 0.3) is 0 Å². The Labute approximate surface area is 218 Å². The second kappa shape index (κ2) is 12.7. The zero-order chi connectivity index (χ0) is 26.0. The highest BCUT2D eigenvalue weighted by molar-refractivity contribution is 5.84. The van der Waals surface area contributed by atoms with Crippen LogP contribution in [0.1, 0.15) is 18.9 Å². The Morgan fingerprint density at radius 1 is 0.973 bits per heavy atom. The zero-order valence-electron chi connectivity index (χ0n) is 21.5. The lowest BCUT2D eigenvalue weighted by Crippen LogP contribution is -2.53. The van der Waals surface area contributed by atoms with E-state index in [0.717, 1.165) is 34.8 Å². The fourth-order valence-electron chi connectivity index (χ4n) is 4.23. The van der Waals surface area contributed by atoms with E-state index in [4.69, 9.17) is 4.74 Å². The molecule has 0 unspecified atom stereocenters. The van der Waals surface area contributed by atoms with Crippen molar-refractivity contribution in [2.24, 2.45) is 0 Å². The number of carbonyl (C=O) groups is 2. The molecule has 2 aromatic carbocycles. The predicted octanol–water partition coefficient (Wildman–Crippen LogP) is 3.42. The minimum absolute atomic E-state index is 0.0412. The van der Waals surface area contributed by atoms with Gasteiger partial charge in [-0.1, -0.05) is 49.4 Å². The van der Waals surface area contributed by atoms with Crippen LogP contribution >= 0.6 is 0 Å². The summed E-state index contributed by atoms with van der Waals surface area (Å²) in [5.74, 6) is 1.50. The molecule has 0 radical (unpaired) electrons. The van der Waals surface area contributed by atoms with E-state index in [1.165, 1.54) is 0 Å². The summed E-state index contributed by atoms with van der Waals surface area (Å²) >= 11 is 0. The topological polar surface area (TPSA) is 90.9 Å². The number of rotatable bonds is 9. The second-order valence-corrected chi connectivity index (χ2v) is 8.95. The maximum Gasteiger partial charge on any atom is 0.318 e. The molecule has 1 N–H and O–H groups in total. The highest BCUT2D eigenvalue weighted by Crippen LogP contribution is 2.23. The first-order valence-corrected chi connectivity index (χ1v) is 12.6. The molecule has 1 aromatic heterocycles. The van der Waals surface area contributed by atoms with Gasteiger partial charge in [-0.25, -0.2) is 4.79 Å². The molecule has 0 bridgehead atoms. The summed E-state index contributed by atoms with van der Waals surface area (Å²) in [6.45, 7) is 5.44. The van der Waals surface area contributed by atoms with Crippen molar-refractivity contribution in [3.05, 3.63) is 72.3 Å². The van der Waals surface area contributed by atoms with E-state index < -0.39 is 0 Å². The van der Waals surface area contributed by atoms with Gasteiger partial charge in [-0.3, -0.25) is 4.79 Å². The number of benzene rings is 2. The zero-order valence-corrected chi connectivity index (χ0v) is 21.5. The minimum Gasteiger partial charge on any atom is -0.497 e. The molecule has 37 heavy (non-hydrogen) atoms. The van der Waals surface area contributed by atoms with Crippen LogP contribution in [0.5, 0.6) is 5.75 Å². The molecule has 1 aliphatic rings. The van der Waals surface area contributed by atoms with Gasteiger partial charge in [0.2, 0.25) is 5.91 Å². The van der Waals surface area contributed by atoms with Crippen LogP contribution in [0.2, 0.25) is 0 Å². The average molecular weight is 503 g/mol. The maximum absolute atomic E-state index is 13.1. The van der Waals surface area contributed by atoms with E-state index >= 15 is 0 Å². The number of ether oxygens (including phenoxy) is 1. The Morgan fingerprint density at radius 2 is 1.76 bits per heavy atom. The van der Waals surface area contributed by atoms with E-state index in [2.05, 4.69) is 20.4 Å². The number of nitrogens with zero attached hydrogens (tertiary/aromatic N) is 5. The normalized spacial score (nSPS) is 13.2. The number of hydrogen-bond acceptors (Lipinski definition) is 6. The molecule has 3 aromatic rings. The molecule has 194 valence electrons. The fraction of sp³-hybridized carbons (Fsp3) is 0.357. The van der Waals surface area contributed by atoms with Crippen LogP contribution in [-0.2, 0) is 11.3 Å². The smallest absolute Gasteiger partial charge is 0.318 e. The number of aromatic nitrogens is 2. The van der Waals surface area contributed by atoms with E-state index in [0.29, 0.717) is 39.3 Å². The maximum atomic E-state index is 13.1. The minimum atomic E-state index is -0.218. The molecule has 0 spiro atoms. The van der Waals surface area contributed by atoms with Crippen molar-refractivity contribution in [3.63, 3.8) is 0 Å². The third kappa shape index (κ3) is 6.97. The summed E-state index contributed by atoms with van der Waals surface area (Å²) in [5.41, 5.74) is 2.70. The molecule has 0 aliphatic carbocycles. The first-order valence-electron chi connectivity index (χ1n) is 12.6. The van der Waals surface area contributed by atoms with Crippen molar-refractivity contribution < 1.29 is 14.3 Å². The summed E-state index contributed by atoms with van der Waals surface area (Å²) in [7, 11) is 1.64. The molecule has 4 rings (SSSR count). The first kappa shape index (κ1) is 25.9. The molecule has 9 nitrogen and oxygen atoms in total. The number of anilines is 1. The average Bonchev–Trinajstić information content (AvgIpc) is 2.96. The monoisotopic (exact) mass is 502 g/mol. The molecule has 0 atom stereocenters. The number of amides is 3. The van der Waals surface area contributed by atoms with Gasteiger partial charge >= 0.3 is 6.03 Å². The summed E-state index contributed by atoms with van der Waals surface area (Å²) in [5, 5.41) is 11.7. The van der Waals surface area contributed by atoms with Crippen molar-refractivity contribution in [3.8, 4) is 17.0 Å². The van der Waals surface area contributed by atoms with E-state index in [9.17, 15) is 9.59 Å². The van der Waals surface area contributed by atoms with Crippen LogP contribution in [0, 0.1) is 0 Å². The van der Waals surface area contributed by atoms with Crippen molar-refractivity contribution >= 4 is 17.8 Å². The lowest BCUT2D eigenvalue weighted by atomic mass is 10.1. The van der Waals surface area contributed by atoms with Crippen LogP contribution in [-0.4, -0.2) is 78.3 Å². The Kier molecular flexibility index (Phi) is 8.91. The molecule has 1 saturated heterocycles. The molecule has 2 heterocycles. The largest absolute Gasteiger partial charge is 0.497 e. The summed E-state index contributed by atoms with van der Waals surface area (Å²) in [4.78, 5) is 31.4. The van der Waals surface area contributed by atoms with E-state index in [1.807, 2.05) is 78.6 Å². The van der Waals surface area contributed by atoms with E-state index in [-0.39, 0.29) is 18.5 Å². The SMILES string of the molecule is CCCNC(=O)N(CC(=O)N1CCN(c2ccc(-c3cccc(OC)c3)nn2)CC1)Cc1ccccc1. The number of carbonyl (C=O) groups excluding carboxylic acids is 2. The number of hydrogen-bond donors (Lipinski definition) is 1. The standard InChI is InChI=1S/C28H34N6O3/c1-3-14-29-28(36)34(20-22-8-5-4-6-9-22)21-27(35)33-17-15-32(16-18-33)26-13-12-25(30-31-26)23-10-7-11-24(19-23)37-2/h4-13,19H,3,14-18,20-21H2,1-2H3,(H,29,36). The third-order valence-electron chi connectivity index (χ3n) is 6.33. The van der Waals surface area contributed by atoms with Gasteiger partial charge in [0.1, 0.15) is 12.3 Å². The van der Waals surface area contributed by atoms with Gasteiger partial charge in [-0.15, -0.1) is 10.2 Å². The lowest BCUT2D eigenvalue weighted by Gasteiger charge is -2.36. The van der Waals surface area contributed by atoms with Gasteiger partial charge in [0, 0.05) is 44.8 Å². The number of urea groups is 1. The Hall–Kier alpha value is -4.14. The molecule has 0 saturated carbocycles. The van der Waals surface area contributed by atoms with Gasteiger partial charge in [-0.05, 0) is 36.2 Å². The van der Waals surface area contributed by atoms with Gasteiger partial charge in [-0.2, -0.15) is 0 Å². The summed E-state index contributed by atoms with van der Waals surface area (Å²) in [6, 6.07) is 21.1. The van der Waals surface area contributed by atoms with Crippen molar-refractivity contribution in [2.45, 2.75) is 19.9 Å². The van der Waals surface area contributed by atoms with Crippen LogP contribution in [0.3, 0.4) is 0 Å². The molecular formula is C28H34N6O3. The highest BCUT2D eigenvalue weighted by Gasteiger charge is 2.25. The van der Waals surface area contributed by atoms with Crippen molar-refractivity contribution in [2.75, 3.05) is 51.3 Å². The quantitative estimate of drug-likeness (QED) is 0.482. The van der Waals surface area contributed by atoms with Crippen LogP contribution in [0.25, 0.3) is 11.3 Å². The summed E-state index contributed by atoms with van der Waals surface area (Å²) < 4.78 is 5.29. The first-order chi connectivity index (χ1) is 18.1. The molecular weight excluding hydrogens is 468 g/mol. The summed E-state index contributed by atoms with van der Waals surface area (Å²) in [6.07, 6.45) is 0.838. The number of methoxy groups -OCH3 is 1. The van der Waals surface area contributed by atoms with Crippen LogP contribution < -0.4 is 15.0 Å². The number of nitrogens with one attached hydrogen (secondary N) is 1. The predicted molar refractivity (Wildman–Crippen MR) is 143 cm³/mol. The Balaban J connectivity index is 1.34. The molecule has 1 aliphatic heterocycles. The fourth-order valence-corrected chi connectivity index (χ4v) is 4.23. The Morgan fingerprint density at radius 3 is 2.43 bits per heavy atom. The van der Waals surface area contributed by atoms with Crippen molar-refractivity contribution in [1.29, 1.82) is 0 Å². The van der Waals surface area contributed by atoms with Crippen LogP contribution in [0.15, 0.2) is 66.7 Å².